The first-order valence-corrected chi connectivity index (χ1v) is 21.6. The van der Waals surface area contributed by atoms with E-state index in [0.717, 1.165) is 55.8 Å². The summed E-state index contributed by atoms with van der Waals surface area (Å²) in [6.07, 6.45) is 3.72. The van der Waals surface area contributed by atoms with Gasteiger partial charge in [-0.1, -0.05) is 182 Å². The molecule has 4 nitrogen and oxygen atoms in total. The van der Waals surface area contributed by atoms with Gasteiger partial charge in [-0.05, 0) is 98.6 Å². The summed E-state index contributed by atoms with van der Waals surface area (Å²) in [5.41, 5.74) is 17.1. The van der Waals surface area contributed by atoms with E-state index in [-0.39, 0.29) is 6.17 Å². The average molecular weight is 808 g/mol. The summed E-state index contributed by atoms with van der Waals surface area (Å²) >= 11 is 0. The van der Waals surface area contributed by atoms with Crippen LogP contribution in [0.4, 0.5) is 17.1 Å². The number of para-hydroxylation sites is 1. The Labute approximate surface area is 366 Å². The smallest absolute Gasteiger partial charge is 0.143 e. The molecule has 2 heterocycles. The monoisotopic (exact) mass is 807 g/mol. The number of rotatable bonds is 8. The van der Waals surface area contributed by atoms with Crippen LogP contribution in [0.3, 0.4) is 0 Å². The summed E-state index contributed by atoms with van der Waals surface area (Å²) in [6, 6.07) is 80.2. The van der Waals surface area contributed by atoms with Crippen LogP contribution in [0.1, 0.15) is 22.3 Å². The fourth-order valence-corrected chi connectivity index (χ4v) is 9.98. The van der Waals surface area contributed by atoms with Crippen LogP contribution in [0.15, 0.2) is 240 Å². The third kappa shape index (κ3) is 6.02. The third-order valence-electron chi connectivity index (χ3n) is 12.9. The van der Waals surface area contributed by atoms with E-state index in [2.05, 4.69) is 235 Å². The van der Waals surface area contributed by atoms with Crippen molar-refractivity contribution in [3.05, 3.63) is 253 Å². The van der Waals surface area contributed by atoms with Crippen LogP contribution in [0.25, 0.3) is 61.0 Å². The van der Waals surface area contributed by atoms with E-state index in [1.807, 2.05) is 12.3 Å². The summed E-state index contributed by atoms with van der Waals surface area (Å²) in [5.74, 6) is 0. The lowest BCUT2D eigenvalue weighted by atomic mass is 9.69. The fourth-order valence-electron chi connectivity index (χ4n) is 9.98. The summed E-state index contributed by atoms with van der Waals surface area (Å²) in [7, 11) is 0. The molecular weight excluding hydrogens is 767 g/mol. The van der Waals surface area contributed by atoms with E-state index in [9.17, 15) is 0 Å². The summed E-state index contributed by atoms with van der Waals surface area (Å²) < 4.78 is 6.73. The Morgan fingerprint density at radius 2 is 0.968 bits per heavy atom. The highest BCUT2D eigenvalue weighted by Crippen LogP contribution is 2.57. The molecule has 1 aromatic heterocycles. The quantitative estimate of drug-likeness (QED) is 0.166. The van der Waals surface area contributed by atoms with Crippen molar-refractivity contribution < 1.29 is 4.42 Å². The van der Waals surface area contributed by atoms with Gasteiger partial charge in [-0.3, -0.25) is 4.99 Å². The summed E-state index contributed by atoms with van der Waals surface area (Å²) in [4.78, 5) is 7.62. The number of nitrogens with one attached hydrogen (secondary N) is 1. The van der Waals surface area contributed by atoms with Crippen molar-refractivity contribution in [2.45, 2.75) is 11.6 Å². The molecule has 0 fully saturated rings. The minimum atomic E-state index is -0.648. The summed E-state index contributed by atoms with van der Waals surface area (Å²) in [6.45, 7) is 0. The van der Waals surface area contributed by atoms with Gasteiger partial charge in [0.1, 0.15) is 17.3 Å². The number of benzene rings is 9. The van der Waals surface area contributed by atoms with Crippen LogP contribution in [-0.4, -0.2) is 12.4 Å². The summed E-state index contributed by atoms with van der Waals surface area (Å²) in [5, 5.41) is 6.23. The average Bonchev–Trinajstić information content (AvgIpc) is 3.90. The van der Waals surface area contributed by atoms with Gasteiger partial charge in [-0.25, -0.2) is 0 Å². The first-order chi connectivity index (χ1) is 31.2. The van der Waals surface area contributed by atoms with E-state index in [4.69, 9.17) is 9.41 Å². The van der Waals surface area contributed by atoms with Gasteiger partial charge in [0.25, 0.3) is 0 Å². The molecule has 0 bridgehead atoms. The number of fused-ring (bicyclic) bond motifs is 7. The maximum atomic E-state index is 6.73. The standard InChI is InChI=1S/C59H41N3O/c1-4-14-40(15-5-1)42-24-30-46(31-25-42)62(47-32-26-43(27-33-47)41-16-6-2-7-17-41)48-34-28-44(29-35-48)54-38-39-60-58(61-54)59(45-18-8-3-9-19-45)52-22-12-10-21-51(52)56-53(59)37-36-50-49-20-11-13-23-55(49)63-57(50)56/h1-39,58,61H. The van der Waals surface area contributed by atoms with Crippen molar-refractivity contribution in [2.75, 3.05) is 4.90 Å². The molecule has 12 rings (SSSR count). The Morgan fingerprint density at radius 1 is 0.444 bits per heavy atom. The number of furan rings is 1. The fraction of sp³-hybridized carbons (Fsp3) is 0.0339. The van der Waals surface area contributed by atoms with Crippen molar-refractivity contribution in [3.63, 3.8) is 0 Å². The number of anilines is 3. The Hall–Kier alpha value is -8.21. The number of hydrogen-bond acceptors (Lipinski definition) is 4. The molecule has 0 saturated heterocycles. The molecule has 63 heavy (non-hydrogen) atoms. The van der Waals surface area contributed by atoms with Gasteiger partial charge in [-0.2, -0.15) is 0 Å². The molecule has 1 aliphatic heterocycles. The number of allylic oxidation sites excluding steroid dienone is 1. The number of aliphatic imine (C=N–C) groups is 1. The van der Waals surface area contributed by atoms with E-state index in [1.54, 1.807) is 0 Å². The topological polar surface area (TPSA) is 40.8 Å². The molecule has 4 heteroatoms. The molecule has 1 aliphatic carbocycles. The Morgan fingerprint density at radius 3 is 1.60 bits per heavy atom. The lowest BCUT2D eigenvalue weighted by Crippen LogP contribution is -2.48. The van der Waals surface area contributed by atoms with Gasteiger partial charge in [0.15, 0.2) is 0 Å². The molecule has 1 N–H and O–H groups in total. The van der Waals surface area contributed by atoms with Crippen LogP contribution < -0.4 is 10.2 Å². The molecule has 9 aromatic carbocycles. The first-order valence-electron chi connectivity index (χ1n) is 21.6. The van der Waals surface area contributed by atoms with Crippen LogP contribution in [0, 0.1) is 0 Å². The minimum absolute atomic E-state index is 0.355. The lowest BCUT2D eigenvalue weighted by molar-refractivity contribution is 0.453. The van der Waals surface area contributed by atoms with E-state index in [1.165, 1.54) is 44.5 Å². The maximum absolute atomic E-state index is 6.73. The number of hydrogen-bond donors (Lipinski definition) is 1. The second-order valence-corrected chi connectivity index (χ2v) is 16.3. The third-order valence-corrected chi connectivity index (χ3v) is 12.9. The molecular formula is C59H41N3O. The zero-order chi connectivity index (χ0) is 41.7. The van der Waals surface area contributed by atoms with E-state index < -0.39 is 5.41 Å². The van der Waals surface area contributed by atoms with E-state index >= 15 is 0 Å². The van der Waals surface area contributed by atoms with Crippen molar-refractivity contribution in [3.8, 4) is 33.4 Å². The SMILES string of the molecule is C1=NC(C2(c3ccccc3)c3ccccc3-c3c2ccc2c3oc3ccccc32)NC(c2ccc(N(c3ccc(-c4ccccc4)cc3)c3ccc(-c4ccccc4)cc3)cc2)=C1. The predicted octanol–water partition coefficient (Wildman–Crippen LogP) is 14.7. The second kappa shape index (κ2) is 15.1. The van der Waals surface area contributed by atoms with Gasteiger partial charge in [-0.15, -0.1) is 0 Å². The first kappa shape index (κ1) is 36.6. The molecule has 0 radical (unpaired) electrons. The van der Waals surface area contributed by atoms with E-state index in [0.29, 0.717) is 0 Å². The molecule has 10 aromatic rings. The Bertz CT molecular complexity index is 3250. The maximum Gasteiger partial charge on any atom is 0.143 e. The molecule has 2 aliphatic rings. The lowest BCUT2D eigenvalue weighted by Gasteiger charge is -2.40. The zero-order valence-electron chi connectivity index (χ0n) is 34.4. The molecule has 0 spiro atoms. The van der Waals surface area contributed by atoms with Crippen molar-refractivity contribution in [1.82, 2.24) is 5.32 Å². The molecule has 2 atom stereocenters. The van der Waals surface area contributed by atoms with Crippen molar-refractivity contribution in [2.24, 2.45) is 4.99 Å². The van der Waals surface area contributed by atoms with Crippen molar-refractivity contribution in [1.29, 1.82) is 0 Å². The predicted molar refractivity (Wildman–Crippen MR) is 261 cm³/mol. The highest BCUT2D eigenvalue weighted by atomic mass is 16.3. The van der Waals surface area contributed by atoms with Gasteiger partial charge >= 0.3 is 0 Å². The van der Waals surface area contributed by atoms with Crippen LogP contribution in [0.5, 0.6) is 0 Å². The van der Waals surface area contributed by atoms with Gasteiger partial charge in [0.05, 0.1) is 5.41 Å². The Kier molecular flexibility index (Phi) is 8.75. The Balaban J connectivity index is 0.928. The van der Waals surface area contributed by atoms with Gasteiger partial charge in [0, 0.05) is 45.3 Å². The molecule has 0 saturated carbocycles. The van der Waals surface area contributed by atoms with Gasteiger partial charge < -0.3 is 14.6 Å². The number of nitrogens with zero attached hydrogens (tertiary/aromatic N) is 2. The highest BCUT2D eigenvalue weighted by molar-refractivity contribution is 6.12. The van der Waals surface area contributed by atoms with Crippen LogP contribution in [0.2, 0.25) is 0 Å². The molecule has 298 valence electrons. The molecule has 2 unspecified atom stereocenters. The largest absolute Gasteiger partial charge is 0.455 e. The zero-order valence-corrected chi connectivity index (χ0v) is 34.4. The van der Waals surface area contributed by atoms with Crippen LogP contribution >= 0.6 is 0 Å². The van der Waals surface area contributed by atoms with Crippen molar-refractivity contribution >= 4 is 50.9 Å². The normalized spacial score (nSPS) is 16.3. The minimum Gasteiger partial charge on any atom is -0.455 e. The van der Waals surface area contributed by atoms with Crippen LogP contribution in [-0.2, 0) is 5.41 Å². The molecule has 0 amide bonds. The second-order valence-electron chi connectivity index (χ2n) is 16.3. The van der Waals surface area contributed by atoms with Gasteiger partial charge in [0.2, 0.25) is 0 Å². The highest BCUT2D eigenvalue weighted by Gasteiger charge is 2.52.